The minimum absolute atomic E-state index is 0.136. The second kappa shape index (κ2) is 8.46. The molecule has 10 heteroatoms. The topological polar surface area (TPSA) is 120 Å². The predicted octanol–water partition coefficient (Wildman–Crippen LogP) is 3.01. The molecule has 1 aliphatic heterocycles. The molecule has 164 valence electrons. The van der Waals surface area contributed by atoms with Crippen LogP contribution in [-0.2, 0) is 19.5 Å². The Bertz CT molecular complexity index is 1140. The van der Waals surface area contributed by atoms with Crippen molar-refractivity contribution in [3.05, 3.63) is 60.4 Å². The van der Waals surface area contributed by atoms with E-state index in [1.54, 1.807) is 24.5 Å². The quantitative estimate of drug-likeness (QED) is 0.601. The number of nitrogens with two attached hydrogens (primary N) is 1. The number of sulfonamides is 1. The SMILES string of the molecule is CC1(CCS(N)(=O)=O)COC(c2nc(-c3ccc(F)cc3)c(-c3ccncc3)[nH]2)OC1. The maximum absolute atomic E-state index is 13.4. The maximum atomic E-state index is 13.4. The van der Waals surface area contributed by atoms with Gasteiger partial charge in [0.1, 0.15) is 5.82 Å². The molecule has 2 aromatic heterocycles. The van der Waals surface area contributed by atoms with Crippen molar-refractivity contribution in [3.63, 3.8) is 0 Å². The van der Waals surface area contributed by atoms with Crippen LogP contribution in [0.25, 0.3) is 22.5 Å². The summed E-state index contributed by atoms with van der Waals surface area (Å²) >= 11 is 0. The molecule has 3 N–H and O–H groups in total. The Morgan fingerprint density at radius 3 is 2.39 bits per heavy atom. The number of pyridine rings is 1. The summed E-state index contributed by atoms with van der Waals surface area (Å²) in [6.07, 6.45) is 2.95. The van der Waals surface area contributed by atoms with Crippen molar-refractivity contribution in [2.45, 2.75) is 19.6 Å². The predicted molar refractivity (Wildman–Crippen MR) is 113 cm³/mol. The minimum atomic E-state index is -3.56. The monoisotopic (exact) mass is 446 g/mol. The third-order valence-corrected chi connectivity index (χ3v) is 5.96. The fourth-order valence-electron chi connectivity index (χ4n) is 3.38. The van der Waals surface area contributed by atoms with Crippen LogP contribution in [0, 0.1) is 11.2 Å². The second-order valence-electron chi connectivity index (χ2n) is 7.97. The Morgan fingerprint density at radius 2 is 1.77 bits per heavy atom. The smallest absolute Gasteiger partial charge is 0.217 e. The lowest BCUT2D eigenvalue weighted by molar-refractivity contribution is -0.233. The molecule has 0 saturated carbocycles. The van der Waals surface area contributed by atoms with Gasteiger partial charge < -0.3 is 14.5 Å². The molecule has 1 fully saturated rings. The van der Waals surface area contributed by atoms with Gasteiger partial charge in [-0.25, -0.2) is 22.9 Å². The number of benzene rings is 1. The molecule has 1 saturated heterocycles. The largest absolute Gasteiger partial charge is 0.345 e. The lowest BCUT2D eigenvalue weighted by Crippen LogP contribution is -2.38. The van der Waals surface area contributed by atoms with Gasteiger partial charge in [0.2, 0.25) is 16.3 Å². The Labute approximate surface area is 179 Å². The lowest BCUT2D eigenvalue weighted by atomic mass is 9.89. The molecule has 0 bridgehead atoms. The van der Waals surface area contributed by atoms with Gasteiger partial charge in [0, 0.05) is 28.9 Å². The fraction of sp³-hybridized carbons (Fsp3) is 0.333. The number of hydrogen-bond acceptors (Lipinski definition) is 6. The van der Waals surface area contributed by atoms with Crippen LogP contribution in [0.4, 0.5) is 4.39 Å². The van der Waals surface area contributed by atoms with Gasteiger partial charge in [-0.05, 0) is 42.8 Å². The zero-order chi connectivity index (χ0) is 22.1. The van der Waals surface area contributed by atoms with Crippen LogP contribution in [0.5, 0.6) is 0 Å². The Balaban J connectivity index is 1.59. The van der Waals surface area contributed by atoms with Crippen molar-refractivity contribution in [1.82, 2.24) is 15.0 Å². The van der Waals surface area contributed by atoms with Crippen molar-refractivity contribution in [1.29, 1.82) is 0 Å². The molecule has 3 heterocycles. The van der Waals surface area contributed by atoms with Crippen molar-refractivity contribution in [2.24, 2.45) is 10.6 Å². The summed E-state index contributed by atoms with van der Waals surface area (Å²) in [7, 11) is -3.56. The summed E-state index contributed by atoms with van der Waals surface area (Å²) in [5, 5.41) is 5.12. The number of aromatic nitrogens is 3. The average molecular weight is 447 g/mol. The first-order chi connectivity index (χ1) is 14.7. The number of halogens is 1. The molecule has 0 radical (unpaired) electrons. The highest BCUT2D eigenvalue weighted by molar-refractivity contribution is 7.89. The highest BCUT2D eigenvalue weighted by atomic mass is 32.2. The summed E-state index contributed by atoms with van der Waals surface area (Å²) < 4.78 is 47.7. The van der Waals surface area contributed by atoms with E-state index in [9.17, 15) is 12.8 Å². The van der Waals surface area contributed by atoms with E-state index in [1.165, 1.54) is 12.1 Å². The third kappa shape index (κ3) is 5.16. The van der Waals surface area contributed by atoms with E-state index >= 15 is 0 Å². The van der Waals surface area contributed by atoms with E-state index in [-0.39, 0.29) is 11.6 Å². The van der Waals surface area contributed by atoms with Crippen LogP contribution < -0.4 is 5.14 Å². The van der Waals surface area contributed by atoms with E-state index < -0.39 is 21.7 Å². The van der Waals surface area contributed by atoms with Crippen LogP contribution in [0.15, 0.2) is 48.8 Å². The Hall–Kier alpha value is -2.66. The summed E-state index contributed by atoms with van der Waals surface area (Å²) in [5.74, 6) is 0.00468. The number of ether oxygens (including phenoxy) is 2. The van der Waals surface area contributed by atoms with Gasteiger partial charge in [0.05, 0.1) is 30.4 Å². The summed E-state index contributed by atoms with van der Waals surface area (Å²) in [6, 6.07) is 9.77. The molecule has 1 aromatic carbocycles. The molecule has 4 rings (SSSR count). The van der Waals surface area contributed by atoms with E-state index in [0.717, 1.165) is 16.8 Å². The van der Waals surface area contributed by atoms with E-state index in [1.807, 2.05) is 19.1 Å². The molecular formula is C21H23FN4O4S. The third-order valence-electron chi connectivity index (χ3n) is 5.19. The van der Waals surface area contributed by atoms with E-state index in [4.69, 9.17) is 14.6 Å². The molecule has 0 aliphatic carbocycles. The Kier molecular flexibility index (Phi) is 5.89. The van der Waals surface area contributed by atoms with Crippen molar-refractivity contribution >= 4 is 10.0 Å². The molecule has 8 nitrogen and oxygen atoms in total. The minimum Gasteiger partial charge on any atom is -0.345 e. The van der Waals surface area contributed by atoms with E-state index in [2.05, 4.69) is 15.0 Å². The number of imidazole rings is 1. The zero-order valence-corrected chi connectivity index (χ0v) is 17.7. The summed E-state index contributed by atoms with van der Waals surface area (Å²) in [6.45, 7) is 2.48. The number of nitrogens with one attached hydrogen (secondary N) is 1. The molecule has 1 aliphatic rings. The first-order valence-corrected chi connectivity index (χ1v) is 11.4. The zero-order valence-electron chi connectivity index (χ0n) is 16.9. The van der Waals surface area contributed by atoms with Crippen LogP contribution in [-0.4, -0.2) is 42.3 Å². The number of H-pyrrole nitrogens is 1. The highest BCUT2D eigenvalue weighted by Gasteiger charge is 2.35. The summed E-state index contributed by atoms with van der Waals surface area (Å²) in [5.41, 5.74) is 2.50. The first kappa shape index (κ1) is 21.6. The van der Waals surface area contributed by atoms with Gasteiger partial charge in [-0.2, -0.15) is 0 Å². The molecule has 0 spiro atoms. The highest BCUT2D eigenvalue weighted by Crippen LogP contribution is 2.36. The van der Waals surface area contributed by atoms with Gasteiger partial charge >= 0.3 is 0 Å². The van der Waals surface area contributed by atoms with Crippen molar-refractivity contribution < 1.29 is 22.3 Å². The molecule has 0 amide bonds. The number of hydrogen-bond donors (Lipinski definition) is 2. The molecule has 0 atom stereocenters. The molecule has 31 heavy (non-hydrogen) atoms. The van der Waals surface area contributed by atoms with Gasteiger partial charge in [0.25, 0.3) is 0 Å². The Morgan fingerprint density at radius 1 is 1.13 bits per heavy atom. The second-order valence-corrected chi connectivity index (χ2v) is 9.70. The van der Waals surface area contributed by atoms with Gasteiger partial charge in [-0.15, -0.1) is 0 Å². The number of primary sulfonamides is 1. The van der Waals surface area contributed by atoms with Crippen molar-refractivity contribution in [3.8, 4) is 22.5 Å². The van der Waals surface area contributed by atoms with Crippen LogP contribution in [0.1, 0.15) is 25.5 Å². The van der Waals surface area contributed by atoms with Gasteiger partial charge in [-0.3, -0.25) is 4.98 Å². The molecular weight excluding hydrogens is 423 g/mol. The fourth-order valence-corrected chi connectivity index (χ4v) is 4.16. The summed E-state index contributed by atoms with van der Waals surface area (Å²) in [4.78, 5) is 12.0. The van der Waals surface area contributed by atoms with Gasteiger partial charge in [0.15, 0.2) is 5.82 Å². The molecule has 3 aromatic rings. The number of rotatable bonds is 6. The van der Waals surface area contributed by atoms with Crippen LogP contribution in [0.3, 0.4) is 0 Å². The van der Waals surface area contributed by atoms with E-state index in [0.29, 0.717) is 31.2 Å². The number of nitrogens with zero attached hydrogens (tertiary/aromatic N) is 2. The van der Waals surface area contributed by atoms with Crippen LogP contribution >= 0.6 is 0 Å². The van der Waals surface area contributed by atoms with Crippen LogP contribution in [0.2, 0.25) is 0 Å². The standard InChI is InChI=1S/C21H23FN4O4S/c1-21(8-11-31(23,27)28)12-29-20(30-13-21)19-25-17(14-2-4-16(22)5-3-14)18(26-19)15-6-9-24-10-7-15/h2-7,9-10,20H,8,11-13H2,1H3,(H,25,26)(H2,23,27,28). The number of aromatic amines is 1. The van der Waals surface area contributed by atoms with Crippen molar-refractivity contribution in [2.75, 3.05) is 19.0 Å². The average Bonchev–Trinajstić information content (AvgIpc) is 3.19. The van der Waals surface area contributed by atoms with Gasteiger partial charge in [-0.1, -0.05) is 6.92 Å². The normalized spacial score (nSPS) is 21.8. The maximum Gasteiger partial charge on any atom is 0.217 e. The lowest BCUT2D eigenvalue weighted by Gasteiger charge is -2.36. The molecule has 0 unspecified atom stereocenters. The first-order valence-electron chi connectivity index (χ1n) is 9.72.